The van der Waals surface area contributed by atoms with Crippen LogP contribution in [0.15, 0.2) is 0 Å². The third kappa shape index (κ3) is 3.83. The Morgan fingerprint density at radius 2 is 1.71 bits per heavy atom. The molecular formula is C15H28N6. The number of nitrogen functional groups attached to an aromatic ring is 1. The second kappa shape index (κ2) is 6.15. The Labute approximate surface area is 127 Å². The number of rotatable bonds is 3. The molecule has 0 bridgehead atoms. The highest BCUT2D eigenvalue weighted by molar-refractivity contribution is 5.57. The topological polar surface area (TPSA) is 79.1 Å². The fraction of sp³-hybridized carbons (Fsp3) is 0.733. The molecular weight excluding hydrogens is 264 g/mol. The molecule has 2 heterocycles. The van der Waals surface area contributed by atoms with Crippen molar-refractivity contribution in [3.05, 3.63) is 11.4 Å². The third-order valence-corrected chi connectivity index (χ3v) is 4.01. The number of anilines is 2. The molecule has 4 N–H and O–H groups in total. The van der Waals surface area contributed by atoms with Crippen LogP contribution in [0.25, 0.3) is 0 Å². The van der Waals surface area contributed by atoms with E-state index in [1.165, 1.54) is 0 Å². The molecule has 1 aliphatic heterocycles. The Morgan fingerprint density at radius 3 is 2.24 bits per heavy atom. The summed E-state index contributed by atoms with van der Waals surface area (Å²) in [5.41, 5.74) is 3.56. The van der Waals surface area contributed by atoms with Gasteiger partial charge in [-0.3, -0.25) is 0 Å². The van der Waals surface area contributed by atoms with Gasteiger partial charge in [-0.2, -0.15) is 0 Å². The normalized spacial score (nSPS) is 17.8. The van der Waals surface area contributed by atoms with Gasteiger partial charge >= 0.3 is 0 Å². The SMILES string of the molecule is Cc1c(NN)nc(C(C)(C)C)nc1NC1CCN(C)CC1. The summed E-state index contributed by atoms with van der Waals surface area (Å²) in [5.74, 6) is 8.01. The van der Waals surface area contributed by atoms with E-state index in [4.69, 9.17) is 10.8 Å². The number of aromatic nitrogens is 2. The van der Waals surface area contributed by atoms with Gasteiger partial charge in [-0.15, -0.1) is 0 Å². The molecule has 0 atom stereocenters. The number of hydrogen-bond donors (Lipinski definition) is 3. The van der Waals surface area contributed by atoms with Crippen molar-refractivity contribution in [2.45, 2.75) is 52.0 Å². The highest BCUT2D eigenvalue weighted by Crippen LogP contribution is 2.27. The van der Waals surface area contributed by atoms with E-state index in [2.05, 4.69) is 48.4 Å². The predicted octanol–water partition coefficient (Wildman–Crippen LogP) is 1.87. The van der Waals surface area contributed by atoms with E-state index < -0.39 is 0 Å². The standard InChI is InChI=1S/C15H28N6/c1-10-12(17-11-6-8-21(5)9-7-11)18-14(15(2,3)4)19-13(10)20-16/h11H,6-9,16H2,1-5H3,(H2,17,18,19,20). The molecule has 0 saturated carbocycles. The van der Waals surface area contributed by atoms with Crippen LogP contribution < -0.4 is 16.6 Å². The van der Waals surface area contributed by atoms with Gasteiger partial charge in [-0.05, 0) is 39.9 Å². The summed E-state index contributed by atoms with van der Waals surface area (Å²) in [7, 11) is 2.17. The van der Waals surface area contributed by atoms with Gasteiger partial charge in [0.25, 0.3) is 0 Å². The first-order chi connectivity index (χ1) is 9.81. The lowest BCUT2D eigenvalue weighted by atomic mass is 9.95. The van der Waals surface area contributed by atoms with Crippen molar-refractivity contribution in [2.24, 2.45) is 5.84 Å². The predicted molar refractivity (Wildman–Crippen MR) is 87.4 cm³/mol. The first kappa shape index (κ1) is 16.0. The van der Waals surface area contributed by atoms with Crippen molar-refractivity contribution in [3.8, 4) is 0 Å². The van der Waals surface area contributed by atoms with Gasteiger partial charge in [0, 0.05) is 17.0 Å². The fourth-order valence-electron chi connectivity index (χ4n) is 2.48. The lowest BCUT2D eigenvalue weighted by molar-refractivity contribution is 0.263. The highest BCUT2D eigenvalue weighted by atomic mass is 15.3. The van der Waals surface area contributed by atoms with E-state index in [0.717, 1.165) is 43.1 Å². The van der Waals surface area contributed by atoms with Crippen LogP contribution in [-0.4, -0.2) is 41.0 Å². The van der Waals surface area contributed by atoms with E-state index in [-0.39, 0.29) is 5.41 Å². The largest absolute Gasteiger partial charge is 0.367 e. The molecule has 0 aliphatic carbocycles. The summed E-state index contributed by atoms with van der Waals surface area (Å²) in [6.45, 7) is 10.6. The number of likely N-dealkylation sites (tertiary alicyclic amines) is 1. The van der Waals surface area contributed by atoms with Crippen molar-refractivity contribution in [2.75, 3.05) is 30.9 Å². The lowest BCUT2D eigenvalue weighted by Crippen LogP contribution is -2.37. The summed E-state index contributed by atoms with van der Waals surface area (Å²) < 4.78 is 0. The maximum absolute atomic E-state index is 5.61. The zero-order valence-electron chi connectivity index (χ0n) is 13.8. The zero-order valence-corrected chi connectivity index (χ0v) is 13.8. The van der Waals surface area contributed by atoms with Gasteiger partial charge in [-0.1, -0.05) is 20.8 Å². The Hall–Kier alpha value is -1.40. The summed E-state index contributed by atoms with van der Waals surface area (Å²) >= 11 is 0. The number of nitrogens with zero attached hydrogens (tertiary/aromatic N) is 3. The minimum absolute atomic E-state index is 0.109. The average Bonchev–Trinajstić information content (AvgIpc) is 2.42. The molecule has 0 radical (unpaired) electrons. The van der Waals surface area contributed by atoms with E-state index in [0.29, 0.717) is 11.9 Å². The molecule has 1 fully saturated rings. The molecule has 1 aromatic rings. The second-order valence-electron chi connectivity index (χ2n) is 6.99. The molecule has 0 aromatic carbocycles. The van der Waals surface area contributed by atoms with Crippen LogP contribution in [0.4, 0.5) is 11.6 Å². The van der Waals surface area contributed by atoms with Gasteiger partial charge in [0.2, 0.25) is 0 Å². The first-order valence-electron chi connectivity index (χ1n) is 7.62. The smallest absolute Gasteiger partial charge is 0.148 e. The molecule has 1 saturated heterocycles. The van der Waals surface area contributed by atoms with E-state index in [9.17, 15) is 0 Å². The molecule has 0 spiro atoms. The summed E-state index contributed by atoms with van der Waals surface area (Å²) in [4.78, 5) is 11.6. The van der Waals surface area contributed by atoms with E-state index in [1.54, 1.807) is 0 Å². The van der Waals surface area contributed by atoms with Gasteiger partial charge in [0.15, 0.2) is 0 Å². The fourth-order valence-corrected chi connectivity index (χ4v) is 2.48. The van der Waals surface area contributed by atoms with Crippen molar-refractivity contribution in [1.82, 2.24) is 14.9 Å². The van der Waals surface area contributed by atoms with Crippen LogP contribution in [0.2, 0.25) is 0 Å². The maximum Gasteiger partial charge on any atom is 0.148 e. The molecule has 118 valence electrons. The average molecular weight is 292 g/mol. The molecule has 6 nitrogen and oxygen atoms in total. The highest BCUT2D eigenvalue weighted by Gasteiger charge is 2.23. The zero-order chi connectivity index (χ0) is 15.6. The quantitative estimate of drug-likeness (QED) is 0.583. The third-order valence-electron chi connectivity index (χ3n) is 4.01. The minimum Gasteiger partial charge on any atom is -0.367 e. The summed E-state index contributed by atoms with van der Waals surface area (Å²) in [6, 6.07) is 0.466. The Kier molecular flexibility index (Phi) is 4.68. The van der Waals surface area contributed by atoms with Crippen LogP contribution in [0.3, 0.4) is 0 Å². The van der Waals surface area contributed by atoms with Gasteiger partial charge < -0.3 is 15.6 Å². The number of nitrogens with one attached hydrogen (secondary N) is 2. The maximum atomic E-state index is 5.61. The molecule has 6 heteroatoms. The van der Waals surface area contributed by atoms with Crippen LogP contribution in [0.5, 0.6) is 0 Å². The van der Waals surface area contributed by atoms with E-state index >= 15 is 0 Å². The molecule has 1 aromatic heterocycles. The Bertz CT molecular complexity index is 486. The van der Waals surface area contributed by atoms with Crippen molar-refractivity contribution >= 4 is 11.6 Å². The van der Waals surface area contributed by atoms with Gasteiger partial charge in [0.05, 0.1) is 0 Å². The van der Waals surface area contributed by atoms with Crippen molar-refractivity contribution in [3.63, 3.8) is 0 Å². The van der Waals surface area contributed by atoms with Crippen LogP contribution >= 0.6 is 0 Å². The molecule has 0 amide bonds. The minimum atomic E-state index is -0.109. The number of hydrogen-bond acceptors (Lipinski definition) is 6. The van der Waals surface area contributed by atoms with Gasteiger partial charge in [0.1, 0.15) is 17.5 Å². The Balaban J connectivity index is 2.25. The lowest BCUT2D eigenvalue weighted by Gasteiger charge is -2.30. The molecule has 2 rings (SSSR count). The summed E-state index contributed by atoms with van der Waals surface area (Å²) in [5, 5.41) is 3.58. The number of piperidine rings is 1. The van der Waals surface area contributed by atoms with Gasteiger partial charge in [-0.25, -0.2) is 15.8 Å². The molecule has 0 unspecified atom stereocenters. The molecule has 1 aliphatic rings. The second-order valence-corrected chi connectivity index (χ2v) is 6.99. The van der Waals surface area contributed by atoms with Crippen molar-refractivity contribution in [1.29, 1.82) is 0 Å². The number of hydrazine groups is 1. The molecule has 21 heavy (non-hydrogen) atoms. The van der Waals surface area contributed by atoms with E-state index in [1.807, 2.05) is 6.92 Å². The first-order valence-corrected chi connectivity index (χ1v) is 7.62. The monoisotopic (exact) mass is 292 g/mol. The number of nitrogens with two attached hydrogens (primary N) is 1. The van der Waals surface area contributed by atoms with Crippen LogP contribution in [0, 0.1) is 6.92 Å². The van der Waals surface area contributed by atoms with Crippen LogP contribution in [-0.2, 0) is 5.41 Å². The van der Waals surface area contributed by atoms with Crippen molar-refractivity contribution < 1.29 is 0 Å². The van der Waals surface area contributed by atoms with Crippen LogP contribution in [0.1, 0.15) is 45.0 Å². The Morgan fingerprint density at radius 1 is 1.14 bits per heavy atom. The summed E-state index contributed by atoms with van der Waals surface area (Å²) in [6.07, 6.45) is 2.27.